The molecule has 5 nitrogen and oxygen atoms in total. The Hall–Kier alpha value is -0.930. The SMILES string of the molecule is C[C@]12CCC3(CC1=CC[C@@H]1[C@@H]4CC[C@](O)(C#N)[C@@]4(C)CC[C@@]12O)OCCO3. The molecule has 148 valence electrons. The number of fused-ring (bicyclic) bond motifs is 5. The lowest BCUT2D eigenvalue weighted by Gasteiger charge is -2.63. The maximum absolute atomic E-state index is 12.1. The van der Waals surface area contributed by atoms with Gasteiger partial charge in [0.05, 0.1) is 24.9 Å². The molecule has 1 saturated heterocycles. The summed E-state index contributed by atoms with van der Waals surface area (Å²) in [6.07, 6.45) is 8.27. The number of allylic oxidation sites excluding steroid dienone is 1. The number of nitrogens with zero attached hydrogens (tertiary/aromatic N) is 1. The van der Waals surface area contributed by atoms with E-state index in [-0.39, 0.29) is 17.3 Å². The molecule has 6 atom stereocenters. The number of hydrogen-bond acceptors (Lipinski definition) is 5. The van der Waals surface area contributed by atoms with Crippen LogP contribution in [-0.2, 0) is 9.47 Å². The van der Waals surface area contributed by atoms with Crippen molar-refractivity contribution in [1.82, 2.24) is 0 Å². The first kappa shape index (κ1) is 18.1. The summed E-state index contributed by atoms with van der Waals surface area (Å²) in [4.78, 5) is 0. The molecule has 5 rings (SSSR count). The molecule has 0 unspecified atom stereocenters. The summed E-state index contributed by atoms with van der Waals surface area (Å²) in [5.41, 5.74) is -1.45. The Kier molecular flexibility index (Phi) is 3.60. The average Bonchev–Trinajstić information content (AvgIpc) is 3.21. The molecule has 5 heteroatoms. The van der Waals surface area contributed by atoms with Gasteiger partial charge in [-0.25, -0.2) is 0 Å². The summed E-state index contributed by atoms with van der Waals surface area (Å²) in [7, 11) is 0. The van der Waals surface area contributed by atoms with Crippen molar-refractivity contribution in [3.8, 4) is 6.07 Å². The number of nitriles is 1. The van der Waals surface area contributed by atoms with Gasteiger partial charge in [-0.1, -0.05) is 25.5 Å². The van der Waals surface area contributed by atoms with Gasteiger partial charge >= 0.3 is 0 Å². The largest absolute Gasteiger partial charge is 0.389 e. The summed E-state index contributed by atoms with van der Waals surface area (Å²) in [6, 6.07) is 2.21. The zero-order chi connectivity index (χ0) is 19.1. The first-order chi connectivity index (χ1) is 12.7. The van der Waals surface area contributed by atoms with Gasteiger partial charge in [0.15, 0.2) is 11.4 Å². The van der Waals surface area contributed by atoms with Crippen molar-refractivity contribution in [2.75, 3.05) is 13.2 Å². The molecular formula is C22H31NO4. The standard InChI is InChI=1S/C22H31NO4/c1-18-7-9-21(26-11-12-27-21)13-15(18)3-4-17-16-5-6-20(24,14-23)19(16,2)8-10-22(17,18)25/h3,16-17,24-25H,4-13H2,1-2H3/t16-,17+,18-,19-,20-,22+/m0/s1. The predicted molar refractivity (Wildman–Crippen MR) is 98.4 cm³/mol. The lowest BCUT2D eigenvalue weighted by atomic mass is 9.44. The molecule has 0 aromatic carbocycles. The van der Waals surface area contributed by atoms with Crippen molar-refractivity contribution in [1.29, 1.82) is 5.26 Å². The minimum Gasteiger partial charge on any atom is -0.389 e. The molecule has 1 aliphatic heterocycles. The highest BCUT2D eigenvalue weighted by atomic mass is 16.7. The van der Waals surface area contributed by atoms with Crippen molar-refractivity contribution in [3.05, 3.63) is 11.6 Å². The van der Waals surface area contributed by atoms with E-state index >= 15 is 0 Å². The predicted octanol–water partition coefficient (Wildman–Crippen LogP) is 3.06. The molecule has 3 saturated carbocycles. The highest BCUT2D eigenvalue weighted by molar-refractivity contribution is 5.33. The van der Waals surface area contributed by atoms with Crippen LogP contribution in [0.5, 0.6) is 0 Å². The van der Waals surface area contributed by atoms with Gasteiger partial charge < -0.3 is 19.7 Å². The van der Waals surface area contributed by atoms with Crippen LogP contribution in [0.4, 0.5) is 0 Å². The van der Waals surface area contributed by atoms with E-state index in [1.165, 1.54) is 5.57 Å². The fraction of sp³-hybridized carbons (Fsp3) is 0.864. The van der Waals surface area contributed by atoms with E-state index in [0.29, 0.717) is 32.5 Å². The summed E-state index contributed by atoms with van der Waals surface area (Å²) < 4.78 is 11.9. The van der Waals surface area contributed by atoms with Crippen molar-refractivity contribution in [2.45, 2.75) is 82.2 Å². The van der Waals surface area contributed by atoms with Gasteiger partial charge in [-0.15, -0.1) is 0 Å². The molecule has 0 bridgehead atoms. The van der Waals surface area contributed by atoms with Crippen LogP contribution >= 0.6 is 0 Å². The number of hydrogen-bond donors (Lipinski definition) is 2. The molecule has 0 aromatic heterocycles. The highest BCUT2D eigenvalue weighted by Gasteiger charge is 2.69. The highest BCUT2D eigenvalue weighted by Crippen LogP contribution is 2.69. The average molecular weight is 373 g/mol. The van der Waals surface area contributed by atoms with Crippen LogP contribution < -0.4 is 0 Å². The minimum absolute atomic E-state index is 0.104. The first-order valence-corrected chi connectivity index (χ1v) is 10.6. The van der Waals surface area contributed by atoms with Crippen LogP contribution in [0.3, 0.4) is 0 Å². The van der Waals surface area contributed by atoms with E-state index in [9.17, 15) is 15.5 Å². The second kappa shape index (κ2) is 5.36. The van der Waals surface area contributed by atoms with Crippen molar-refractivity contribution >= 4 is 0 Å². The third kappa shape index (κ3) is 2.03. The van der Waals surface area contributed by atoms with Crippen LogP contribution in [-0.4, -0.2) is 40.4 Å². The second-order valence-corrected chi connectivity index (χ2v) is 10.1. The molecular weight excluding hydrogens is 342 g/mol. The number of aliphatic hydroxyl groups is 2. The molecule has 5 aliphatic rings. The monoisotopic (exact) mass is 373 g/mol. The van der Waals surface area contributed by atoms with E-state index in [0.717, 1.165) is 32.1 Å². The summed E-state index contributed by atoms with van der Waals surface area (Å²) in [5, 5.41) is 32.7. The Morgan fingerprint density at radius 2 is 1.78 bits per heavy atom. The normalized spacial score (nSPS) is 53.2. The Morgan fingerprint density at radius 3 is 2.48 bits per heavy atom. The van der Waals surface area contributed by atoms with Gasteiger partial charge in [-0.2, -0.15) is 5.26 Å². The third-order valence-electron chi connectivity index (χ3n) is 9.45. The van der Waals surface area contributed by atoms with E-state index in [1.807, 2.05) is 0 Å². The van der Waals surface area contributed by atoms with Gasteiger partial charge in [0, 0.05) is 23.7 Å². The fourth-order valence-electron chi connectivity index (χ4n) is 7.49. The molecule has 27 heavy (non-hydrogen) atoms. The van der Waals surface area contributed by atoms with E-state index in [4.69, 9.17) is 9.47 Å². The summed E-state index contributed by atoms with van der Waals surface area (Å²) >= 11 is 0. The molecule has 1 heterocycles. The smallest absolute Gasteiger partial charge is 0.172 e. The van der Waals surface area contributed by atoms with Crippen molar-refractivity contribution in [3.63, 3.8) is 0 Å². The fourth-order valence-corrected chi connectivity index (χ4v) is 7.49. The maximum Gasteiger partial charge on any atom is 0.172 e. The van der Waals surface area contributed by atoms with E-state index in [2.05, 4.69) is 26.0 Å². The van der Waals surface area contributed by atoms with Gasteiger partial charge in [0.25, 0.3) is 0 Å². The molecule has 0 aromatic rings. The van der Waals surface area contributed by atoms with Gasteiger partial charge in [-0.05, 0) is 50.4 Å². The first-order valence-electron chi connectivity index (χ1n) is 10.6. The van der Waals surface area contributed by atoms with Crippen LogP contribution in [0.1, 0.15) is 65.2 Å². The van der Waals surface area contributed by atoms with E-state index in [1.54, 1.807) is 0 Å². The Bertz CT molecular complexity index is 737. The topological polar surface area (TPSA) is 82.7 Å². The maximum atomic E-state index is 12.1. The zero-order valence-corrected chi connectivity index (χ0v) is 16.5. The molecule has 2 N–H and O–H groups in total. The van der Waals surface area contributed by atoms with Crippen LogP contribution in [0, 0.1) is 34.0 Å². The molecule has 4 fully saturated rings. The minimum atomic E-state index is -1.26. The molecule has 0 amide bonds. The van der Waals surface area contributed by atoms with E-state index < -0.39 is 22.4 Å². The molecule has 1 spiro atoms. The Morgan fingerprint density at radius 1 is 1.04 bits per heavy atom. The number of rotatable bonds is 0. The Balaban J connectivity index is 1.52. The van der Waals surface area contributed by atoms with Gasteiger partial charge in [0.2, 0.25) is 0 Å². The van der Waals surface area contributed by atoms with Crippen LogP contribution in [0.2, 0.25) is 0 Å². The third-order valence-corrected chi connectivity index (χ3v) is 9.45. The quantitative estimate of drug-likeness (QED) is 0.504. The zero-order valence-electron chi connectivity index (χ0n) is 16.5. The summed E-state index contributed by atoms with van der Waals surface area (Å²) in [5.74, 6) is -0.191. The van der Waals surface area contributed by atoms with Crippen LogP contribution in [0.15, 0.2) is 11.6 Å². The van der Waals surface area contributed by atoms with Gasteiger partial charge in [-0.3, -0.25) is 0 Å². The van der Waals surface area contributed by atoms with Crippen molar-refractivity contribution < 1.29 is 19.7 Å². The summed E-state index contributed by atoms with van der Waals surface area (Å²) in [6.45, 7) is 5.61. The number of ether oxygens (including phenoxy) is 2. The van der Waals surface area contributed by atoms with Crippen molar-refractivity contribution in [2.24, 2.45) is 22.7 Å². The van der Waals surface area contributed by atoms with Gasteiger partial charge in [0.1, 0.15) is 0 Å². The molecule has 4 aliphatic carbocycles. The lowest BCUT2D eigenvalue weighted by molar-refractivity contribution is -0.227. The lowest BCUT2D eigenvalue weighted by Crippen LogP contribution is -2.65. The van der Waals surface area contributed by atoms with Crippen LogP contribution in [0.25, 0.3) is 0 Å². The molecule has 0 radical (unpaired) electrons. The second-order valence-electron chi connectivity index (χ2n) is 10.1. The Labute approximate surface area is 161 Å².